The normalized spacial score (nSPS) is 12.3. The fraction of sp³-hybridized carbons (Fsp3) is 0.143. The Morgan fingerprint density at radius 1 is 1.11 bits per heavy atom. The zero-order valence-corrected chi connectivity index (χ0v) is 13.1. The second kappa shape index (κ2) is 6.14. The summed E-state index contributed by atoms with van der Waals surface area (Å²) in [7, 11) is 0. The van der Waals surface area contributed by atoms with Crippen LogP contribution in [0.5, 0.6) is 11.5 Å². The summed E-state index contributed by atoms with van der Waals surface area (Å²) in [4.78, 5) is 0. The largest absolute Gasteiger partial charge is 0.456 e. The minimum atomic E-state index is -0.500. The van der Waals surface area contributed by atoms with Crippen LogP contribution in [-0.2, 0) is 0 Å². The van der Waals surface area contributed by atoms with Gasteiger partial charge < -0.3 is 9.84 Å². The van der Waals surface area contributed by atoms with Crippen molar-refractivity contribution in [1.29, 1.82) is 0 Å². The first-order valence-corrected chi connectivity index (χ1v) is 7.12. The second-order valence-electron chi connectivity index (χ2n) is 4.04. The van der Waals surface area contributed by atoms with Crippen LogP contribution in [0.15, 0.2) is 40.9 Å². The highest BCUT2D eigenvalue weighted by Crippen LogP contribution is 2.36. The summed E-state index contributed by atoms with van der Waals surface area (Å²) in [5, 5.41) is 10.4. The topological polar surface area (TPSA) is 29.5 Å². The van der Waals surface area contributed by atoms with E-state index in [2.05, 4.69) is 15.9 Å². The second-order valence-corrected chi connectivity index (χ2v) is 5.71. The third-order valence-electron chi connectivity index (χ3n) is 2.57. The molecule has 2 nitrogen and oxygen atoms in total. The molecular formula is C14H11BrCl2O2. The zero-order valence-electron chi connectivity index (χ0n) is 10.0. The van der Waals surface area contributed by atoms with Crippen LogP contribution in [-0.4, -0.2) is 5.11 Å². The van der Waals surface area contributed by atoms with Crippen molar-refractivity contribution in [2.24, 2.45) is 0 Å². The lowest BCUT2D eigenvalue weighted by Crippen LogP contribution is -1.91. The highest BCUT2D eigenvalue weighted by Gasteiger charge is 2.08. The average molecular weight is 362 g/mol. The van der Waals surface area contributed by atoms with E-state index in [0.717, 1.165) is 10.0 Å². The number of aliphatic hydroxyl groups is 1. The molecule has 5 heteroatoms. The van der Waals surface area contributed by atoms with E-state index in [0.29, 0.717) is 21.5 Å². The monoisotopic (exact) mass is 360 g/mol. The molecule has 2 aromatic carbocycles. The summed E-state index contributed by atoms with van der Waals surface area (Å²) in [6.45, 7) is 1.71. The van der Waals surface area contributed by atoms with Crippen LogP contribution in [0.4, 0.5) is 0 Å². The van der Waals surface area contributed by atoms with Crippen LogP contribution in [0.25, 0.3) is 0 Å². The van der Waals surface area contributed by atoms with E-state index in [4.69, 9.17) is 27.9 Å². The molecule has 0 radical (unpaired) electrons. The fourth-order valence-electron chi connectivity index (χ4n) is 1.52. The summed E-state index contributed by atoms with van der Waals surface area (Å²) < 4.78 is 6.38. The molecule has 0 aliphatic rings. The van der Waals surface area contributed by atoms with E-state index in [9.17, 15) is 5.11 Å². The number of ether oxygens (including phenoxy) is 1. The van der Waals surface area contributed by atoms with E-state index >= 15 is 0 Å². The summed E-state index contributed by atoms with van der Waals surface area (Å²) in [5.74, 6) is 1.12. The first-order valence-electron chi connectivity index (χ1n) is 5.58. The first-order chi connectivity index (χ1) is 8.97. The van der Waals surface area contributed by atoms with Crippen LogP contribution in [0, 0.1) is 0 Å². The standard InChI is InChI=1S/C14H11BrCl2O2/c1-8(18)9-2-4-10(5-3-9)19-14-7-12(16)11(15)6-13(14)17/h2-8,18H,1H3/t8-/m1/s1. The molecule has 2 aromatic rings. The van der Waals surface area contributed by atoms with Crippen LogP contribution < -0.4 is 4.74 Å². The van der Waals surface area contributed by atoms with Gasteiger partial charge in [-0.05, 0) is 46.6 Å². The lowest BCUT2D eigenvalue weighted by atomic mass is 10.1. The van der Waals surface area contributed by atoms with Crippen LogP contribution in [0.2, 0.25) is 10.0 Å². The summed E-state index contributed by atoms with van der Waals surface area (Å²) >= 11 is 15.4. The van der Waals surface area contributed by atoms with E-state index in [1.807, 2.05) is 0 Å². The summed E-state index contributed by atoms with van der Waals surface area (Å²) in [5.41, 5.74) is 0.826. The van der Waals surface area contributed by atoms with Crippen molar-refractivity contribution in [2.75, 3.05) is 0 Å². The molecule has 100 valence electrons. The van der Waals surface area contributed by atoms with Gasteiger partial charge >= 0.3 is 0 Å². The minimum absolute atomic E-state index is 0.468. The Balaban J connectivity index is 2.24. The summed E-state index contributed by atoms with van der Waals surface area (Å²) in [6.07, 6.45) is -0.500. The highest BCUT2D eigenvalue weighted by molar-refractivity contribution is 9.10. The van der Waals surface area contributed by atoms with Gasteiger partial charge in [0.2, 0.25) is 0 Å². The van der Waals surface area contributed by atoms with Crippen molar-refractivity contribution < 1.29 is 9.84 Å². The number of halogens is 3. The van der Waals surface area contributed by atoms with Crippen molar-refractivity contribution in [2.45, 2.75) is 13.0 Å². The van der Waals surface area contributed by atoms with Crippen LogP contribution in [0.1, 0.15) is 18.6 Å². The van der Waals surface area contributed by atoms with Gasteiger partial charge in [-0.25, -0.2) is 0 Å². The van der Waals surface area contributed by atoms with Gasteiger partial charge in [0.1, 0.15) is 11.5 Å². The fourth-order valence-corrected chi connectivity index (χ4v) is 2.35. The predicted molar refractivity (Wildman–Crippen MR) is 81.3 cm³/mol. The number of rotatable bonds is 3. The Kier molecular flexibility index (Phi) is 4.74. The Morgan fingerprint density at radius 3 is 2.32 bits per heavy atom. The number of aliphatic hydroxyl groups excluding tert-OH is 1. The first kappa shape index (κ1) is 14.7. The molecule has 0 amide bonds. The van der Waals surface area contributed by atoms with Crippen LogP contribution in [0.3, 0.4) is 0 Å². The maximum atomic E-state index is 9.43. The molecular weight excluding hydrogens is 351 g/mol. The SMILES string of the molecule is C[C@@H](O)c1ccc(Oc2cc(Cl)c(Br)cc2Cl)cc1. The van der Waals surface area contributed by atoms with E-state index < -0.39 is 6.10 Å². The summed E-state index contributed by atoms with van der Waals surface area (Å²) in [6, 6.07) is 10.5. The van der Waals surface area contributed by atoms with Crippen molar-refractivity contribution >= 4 is 39.1 Å². The molecule has 0 fully saturated rings. The van der Waals surface area contributed by atoms with Crippen LogP contribution >= 0.6 is 39.1 Å². The van der Waals surface area contributed by atoms with Gasteiger partial charge in [0.15, 0.2) is 0 Å². The lowest BCUT2D eigenvalue weighted by Gasteiger charge is -2.10. The van der Waals surface area contributed by atoms with Gasteiger partial charge in [-0.2, -0.15) is 0 Å². The minimum Gasteiger partial charge on any atom is -0.456 e. The highest BCUT2D eigenvalue weighted by atomic mass is 79.9. The molecule has 0 saturated heterocycles. The molecule has 0 saturated carbocycles. The molecule has 0 spiro atoms. The van der Waals surface area contributed by atoms with Crippen molar-refractivity contribution in [3.8, 4) is 11.5 Å². The van der Waals surface area contributed by atoms with Gasteiger partial charge in [-0.3, -0.25) is 0 Å². The van der Waals surface area contributed by atoms with Gasteiger partial charge in [0.05, 0.1) is 16.1 Å². The van der Waals surface area contributed by atoms with E-state index in [1.54, 1.807) is 43.3 Å². The molecule has 0 aliphatic heterocycles. The third kappa shape index (κ3) is 3.63. The van der Waals surface area contributed by atoms with E-state index in [-0.39, 0.29) is 0 Å². The maximum absolute atomic E-state index is 9.43. The van der Waals surface area contributed by atoms with Gasteiger partial charge in [0.25, 0.3) is 0 Å². The number of hydrogen-bond acceptors (Lipinski definition) is 2. The molecule has 1 atom stereocenters. The molecule has 1 N–H and O–H groups in total. The lowest BCUT2D eigenvalue weighted by molar-refractivity contribution is 0.199. The molecule has 0 bridgehead atoms. The Bertz CT molecular complexity index is 583. The van der Waals surface area contributed by atoms with Gasteiger partial charge in [-0.1, -0.05) is 35.3 Å². The van der Waals surface area contributed by atoms with Gasteiger partial charge in [0, 0.05) is 10.5 Å². The molecule has 0 aliphatic carbocycles. The van der Waals surface area contributed by atoms with Crippen molar-refractivity contribution in [3.05, 3.63) is 56.5 Å². The Morgan fingerprint density at radius 2 is 1.74 bits per heavy atom. The molecule has 19 heavy (non-hydrogen) atoms. The quantitative estimate of drug-likeness (QED) is 0.721. The average Bonchev–Trinajstić information content (AvgIpc) is 2.36. The maximum Gasteiger partial charge on any atom is 0.147 e. The Hall–Kier alpha value is -0.740. The number of hydrogen-bond donors (Lipinski definition) is 1. The molecule has 0 unspecified atom stereocenters. The third-order valence-corrected chi connectivity index (χ3v) is 4.06. The smallest absolute Gasteiger partial charge is 0.147 e. The molecule has 2 rings (SSSR count). The van der Waals surface area contributed by atoms with Crippen molar-refractivity contribution in [1.82, 2.24) is 0 Å². The van der Waals surface area contributed by atoms with Crippen molar-refractivity contribution in [3.63, 3.8) is 0 Å². The number of benzene rings is 2. The predicted octanol–water partition coefficient (Wildman–Crippen LogP) is 5.60. The Labute approximate surface area is 130 Å². The zero-order chi connectivity index (χ0) is 14.0. The molecule has 0 aromatic heterocycles. The van der Waals surface area contributed by atoms with E-state index in [1.165, 1.54) is 0 Å². The molecule has 0 heterocycles. The van der Waals surface area contributed by atoms with Gasteiger partial charge in [-0.15, -0.1) is 0 Å².